The molecule has 4 atom stereocenters. The standard InChI is InChI=1S/C35H30N2O4/c38-32-29-30(33(39)37(32)23-27-14-8-3-9-15-27)35(34(40)41,22-26-12-6-2-7-13-26)36-31(29)28-20-18-25(19-21-28)17-16-24-10-4-1-5-11-24/h1-21,29-31,36H,22-23H2,(H,40,41)/b17-16+. The molecule has 4 aromatic carbocycles. The molecular weight excluding hydrogens is 512 g/mol. The first kappa shape index (κ1) is 26.4. The summed E-state index contributed by atoms with van der Waals surface area (Å²) in [6.45, 7) is 0.114. The second-order valence-corrected chi connectivity index (χ2v) is 10.7. The molecule has 4 aromatic rings. The Morgan fingerprint density at radius 1 is 0.732 bits per heavy atom. The first-order valence-corrected chi connectivity index (χ1v) is 13.7. The van der Waals surface area contributed by atoms with Crippen LogP contribution in [0.3, 0.4) is 0 Å². The minimum absolute atomic E-state index is 0.0803. The zero-order chi connectivity index (χ0) is 28.4. The summed E-state index contributed by atoms with van der Waals surface area (Å²) in [4.78, 5) is 42.2. The summed E-state index contributed by atoms with van der Waals surface area (Å²) in [5.74, 6) is -3.80. The van der Waals surface area contributed by atoms with Gasteiger partial charge in [-0.05, 0) is 27.8 Å². The molecule has 0 bridgehead atoms. The predicted octanol–water partition coefficient (Wildman–Crippen LogP) is 5.37. The number of amides is 2. The Hall–Kier alpha value is -4.81. The molecular formula is C35H30N2O4. The lowest BCUT2D eigenvalue weighted by Crippen LogP contribution is -2.57. The van der Waals surface area contributed by atoms with Gasteiger partial charge in [-0.3, -0.25) is 24.6 Å². The number of carbonyl (C=O) groups is 3. The number of hydrogen-bond acceptors (Lipinski definition) is 4. The van der Waals surface area contributed by atoms with E-state index in [0.717, 1.165) is 27.8 Å². The second kappa shape index (κ2) is 11.0. The number of carboxylic acid groups (broad SMARTS) is 1. The van der Waals surface area contributed by atoms with Crippen molar-refractivity contribution >= 4 is 29.9 Å². The highest BCUT2D eigenvalue weighted by atomic mass is 16.4. The van der Waals surface area contributed by atoms with E-state index in [9.17, 15) is 19.5 Å². The number of likely N-dealkylation sites (tertiary alicyclic amines) is 1. The molecule has 204 valence electrons. The van der Waals surface area contributed by atoms with E-state index in [1.165, 1.54) is 4.90 Å². The van der Waals surface area contributed by atoms with Crippen LogP contribution in [-0.4, -0.2) is 33.3 Å². The molecule has 2 aliphatic heterocycles. The van der Waals surface area contributed by atoms with Crippen LogP contribution in [-0.2, 0) is 27.3 Å². The quantitative estimate of drug-likeness (QED) is 0.231. The van der Waals surface area contributed by atoms with Gasteiger partial charge in [-0.25, -0.2) is 0 Å². The molecule has 6 rings (SSSR count). The van der Waals surface area contributed by atoms with Crippen LogP contribution in [0.5, 0.6) is 0 Å². The van der Waals surface area contributed by atoms with Gasteiger partial charge < -0.3 is 5.11 Å². The van der Waals surface area contributed by atoms with Crippen LogP contribution in [0.2, 0.25) is 0 Å². The van der Waals surface area contributed by atoms with Gasteiger partial charge in [-0.1, -0.05) is 127 Å². The monoisotopic (exact) mass is 542 g/mol. The van der Waals surface area contributed by atoms with Gasteiger partial charge in [0.25, 0.3) is 0 Å². The zero-order valence-electron chi connectivity index (χ0n) is 22.4. The van der Waals surface area contributed by atoms with Crippen LogP contribution < -0.4 is 5.32 Å². The third kappa shape index (κ3) is 4.98. The SMILES string of the molecule is O=C1C2C(c3ccc(/C=C/c4ccccc4)cc3)NC(Cc3ccccc3)(C(=O)O)C2C(=O)N1Cc1ccccc1. The summed E-state index contributed by atoms with van der Waals surface area (Å²) in [5, 5.41) is 14.0. The minimum atomic E-state index is -1.64. The largest absolute Gasteiger partial charge is 0.480 e. The van der Waals surface area contributed by atoms with Gasteiger partial charge in [-0.15, -0.1) is 0 Å². The van der Waals surface area contributed by atoms with E-state index >= 15 is 0 Å². The van der Waals surface area contributed by atoms with Crippen molar-refractivity contribution in [2.24, 2.45) is 11.8 Å². The number of rotatable bonds is 8. The van der Waals surface area contributed by atoms with E-state index < -0.39 is 35.3 Å². The molecule has 0 radical (unpaired) electrons. The molecule has 2 aliphatic rings. The highest BCUT2D eigenvalue weighted by Gasteiger charge is 2.68. The predicted molar refractivity (Wildman–Crippen MR) is 157 cm³/mol. The maximum atomic E-state index is 14.0. The molecule has 2 saturated heterocycles. The number of imide groups is 1. The number of carboxylic acids is 1. The molecule has 2 heterocycles. The number of hydrogen-bond donors (Lipinski definition) is 2. The molecule has 0 spiro atoms. The summed E-state index contributed by atoms with van der Waals surface area (Å²) < 4.78 is 0. The van der Waals surface area contributed by atoms with Crippen LogP contribution in [0.15, 0.2) is 115 Å². The summed E-state index contributed by atoms with van der Waals surface area (Å²) in [7, 11) is 0. The molecule has 0 aliphatic carbocycles. The molecule has 6 heteroatoms. The highest BCUT2D eigenvalue weighted by Crippen LogP contribution is 2.50. The molecule has 2 fully saturated rings. The molecule has 0 saturated carbocycles. The van der Waals surface area contributed by atoms with Gasteiger partial charge in [0, 0.05) is 12.5 Å². The number of nitrogens with one attached hydrogen (secondary N) is 1. The van der Waals surface area contributed by atoms with Crippen molar-refractivity contribution in [2.75, 3.05) is 0 Å². The Kier molecular flexibility index (Phi) is 7.08. The van der Waals surface area contributed by atoms with Gasteiger partial charge in [0.15, 0.2) is 0 Å². The van der Waals surface area contributed by atoms with E-state index in [-0.39, 0.29) is 18.9 Å². The van der Waals surface area contributed by atoms with Crippen molar-refractivity contribution in [1.82, 2.24) is 10.2 Å². The summed E-state index contributed by atoms with van der Waals surface area (Å²) in [6.07, 6.45) is 4.11. The molecule has 2 N–H and O–H groups in total. The van der Waals surface area contributed by atoms with Gasteiger partial charge >= 0.3 is 5.97 Å². The number of nitrogens with zero attached hydrogens (tertiary/aromatic N) is 1. The average molecular weight is 543 g/mol. The fraction of sp³-hybridized carbons (Fsp3) is 0.171. The molecule has 0 aromatic heterocycles. The highest BCUT2D eigenvalue weighted by molar-refractivity contribution is 6.09. The van der Waals surface area contributed by atoms with Crippen LogP contribution in [0.4, 0.5) is 0 Å². The molecule has 41 heavy (non-hydrogen) atoms. The van der Waals surface area contributed by atoms with Crippen molar-refractivity contribution in [3.8, 4) is 0 Å². The van der Waals surface area contributed by atoms with Crippen molar-refractivity contribution in [3.05, 3.63) is 143 Å². The molecule has 6 nitrogen and oxygen atoms in total. The van der Waals surface area contributed by atoms with Crippen LogP contribution in [0, 0.1) is 11.8 Å². The Bertz CT molecular complexity index is 1590. The Morgan fingerprint density at radius 3 is 1.85 bits per heavy atom. The lowest BCUT2D eigenvalue weighted by Gasteiger charge is -2.31. The minimum Gasteiger partial charge on any atom is -0.480 e. The Labute approximate surface area is 239 Å². The fourth-order valence-corrected chi connectivity index (χ4v) is 6.19. The third-order valence-electron chi connectivity index (χ3n) is 8.20. The lowest BCUT2D eigenvalue weighted by molar-refractivity contribution is -0.151. The number of benzene rings is 4. The van der Waals surface area contributed by atoms with Gasteiger partial charge in [0.2, 0.25) is 11.8 Å². The van der Waals surface area contributed by atoms with E-state index in [0.29, 0.717) is 0 Å². The van der Waals surface area contributed by atoms with Crippen molar-refractivity contribution < 1.29 is 19.5 Å². The van der Waals surface area contributed by atoms with Crippen LogP contribution >= 0.6 is 0 Å². The second-order valence-electron chi connectivity index (χ2n) is 10.7. The average Bonchev–Trinajstić information content (AvgIpc) is 3.47. The maximum absolute atomic E-state index is 14.0. The topological polar surface area (TPSA) is 86.7 Å². The van der Waals surface area contributed by atoms with Crippen molar-refractivity contribution in [1.29, 1.82) is 0 Å². The van der Waals surface area contributed by atoms with Crippen molar-refractivity contribution in [3.63, 3.8) is 0 Å². The van der Waals surface area contributed by atoms with Gasteiger partial charge in [-0.2, -0.15) is 0 Å². The summed E-state index contributed by atoms with van der Waals surface area (Å²) in [5.41, 5.74) is 2.79. The van der Waals surface area contributed by atoms with Gasteiger partial charge in [0.05, 0.1) is 18.4 Å². The first-order valence-electron chi connectivity index (χ1n) is 13.7. The summed E-state index contributed by atoms with van der Waals surface area (Å²) in [6, 6.07) is 35.7. The molecule has 4 unspecified atom stereocenters. The summed E-state index contributed by atoms with van der Waals surface area (Å²) >= 11 is 0. The number of aliphatic carboxylic acids is 1. The van der Waals surface area contributed by atoms with E-state index in [1.54, 1.807) is 0 Å². The lowest BCUT2D eigenvalue weighted by atomic mass is 9.76. The van der Waals surface area contributed by atoms with E-state index in [2.05, 4.69) is 5.32 Å². The van der Waals surface area contributed by atoms with Crippen LogP contribution in [0.1, 0.15) is 33.9 Å². The fourth-order valence-electron chi connectivity index (χ4n) is 6.19. The third-order valence-corrected chi connectivity index (χ3v) is 8.20. The Balaban J connectivity index is 1.37. The van der Waals surface area contributed by atoms with Crippen molar-refractivity contribution in [2.45, 2.75) is 24.5 Å². The zero-order valence-corrected chi connectivity index (χ0v) is 22.4. The van der Waals surface area contributed by atoms with Gasteiger partial charge in [0.1, 0.15) is 5.54 Å². The normalized spacial score (nSPS) is 23.7. The Morgan fingerprint density at radius 2 is 1.27 bits per heavy atom. The number of carbonyl (C=O) groups excluding carboxylic acids is 2. The smallest absolute Gasteiger partial charge is 0.325 e. The van der Waals surface area contributed by atoms with E-state index in [4.69, 9.17) is 0 Å². The first-order chi connectivity index (χ1) is 20.0. The maximum Gasteiger partial charge on any atom is 0.325 e. The number of fused-ring (bicyclic) bond motifs is 1. The molecule has 2 amide bonds. The van der Waals surface area contributed by atoms with Crippen LogP contribution in [0.25, 0.3) is 12.2 Å². The van der Waals surface area contributed by atoms with E-state index in [1.807, 2.05) is 127 Å².